The Morgan fingerprint density at radius 1 is 1.04 bits per heavy atom. The molecule has 0 aliphatic rings. The second-order valence-electron chi connectivity index (χ2n) is 5.11. The number of benzene rings is 2. The topological polar surface area (TPSA) is 38.3 Å². The molecule has 0 aliphatic heterocycles. The van der Waals surface area contributed by atoms with Crippen LogP contribution in [0, 0.1) is 0 Å². The Morgan fingerprint density at radius 3 is 2.52 bits per heavy atom. The lowest BCUT2D eigenvalue weighted by molar-refractivity contribution is 0.102. The van der Waals surface area contributed by atoms with Crippen LogP contribution in [0.3, 0.4) is 0 Å². The van der Waals surface area contributed by atoms with Crippen molar-refractivity contribution in [2.24, 2.45) is 0 Å². The van der Waals surface area contributed by atoms with Crippen molar-refractivity contribution in [3.05, 3.63) is 77.2 Å². The molecule has 4 heteroatoms. The molecule has 3 nitrogen and oxygen atoms in total. The van der Waals surface area contributed by atoms with Crippen LogP contribution in [0.1, 0.15) is 15.9 Å². The summed E-state index contributed by atoms with van der Waals surface area (Å²) in [4.78, 5) is 13.6. The van der Waals surface area contributed by atoms with Gasteiger partial charge < -0.3 is 10.1 Å². The van der Waals surface area contributed by atoms with E-state index in [1.807, 2.05) is 60.0 Å². The van der Waals surface area contributed by atoms with E-state index in [0.717, 1.165) is 21.7 Å². The Morgan fingerprint density at radius 2 is 1.83 bits per heavy atom. The van der Waals surface area contributed by atoms with Crippen LogP contribution in [-0.4, -0.2) is 13.0 Å². The molecule has 1 N–H and O–H groups in total. The minimum atomic E-state index is -0.113. The number of para-hydroxylation sites is 1. The van der Waals surface area contributed by atoms with Gasteiger partial charge in [0.1, 0.15) is 0 Å². The fourth-order valence-electron chi connectivity index (χ4n) is 2.35. The van der Waals surface area contributed by atoms with Gasteiger partial charge in [0.25, 0.3) is 5.91 Å². The zero-order valence-corrected chi connectivity index (χ0v) is 13.6. The van der Waals surface area contributed by atoms with Gasteiger partial charge in [-0.25, -0.2) is 0 Å². The first-order valence-electron chi connectivity index (χ1n) is 7.30. The molecule has 2 aromatic carbocycles. The van der Waals surface area contributed by atoms with E-state index in [1.165, 1.54) is 0 Å². The SMILES string of the molecule is COCc1ccc(C(=O)Nc2ccccc2-c2cccs2)cc1. The number of methoxy groups -OCH3 is 1. The second-order valence-corrected chi connectivity index (χ2v) is 6.05. The Hall–Kier alpha value is -2.43. The number of rotatable bonds is 5. The van der Waals surface area contributed by atoms with E-state index >= 15 is 0 Å². The molecule has 1 amide bonds. The Bertz CT molecular complexity index is 779. The van der Waals surface area contributed by atoms with Crippen LogP contribution >= 0.6 is 11.3 Å². The lowest BCUT2D eigenvalue weighted by Crippen LogP contribution is -2.12. The summed E-state index contributed by atoms with van der Waals surface area (Å²) in [6.45, 7) is 0.545. The molecule has 0 atom stereocenters. The predicted molar refractivity (Wildman–Crippen MR) is 94.9 cm³/mol. The molecule has 0 bridgehead atoms. The van der Waals surface area contributed by atoms with Gasteiger partial charge >= 0.3 is 0 Å². The number of ether oxygens (including phenoxy) is 1. The zero-order valence-electron chi connectivity index (χ0n) is 12.8. The molecular weight excluding hydrogens is 306 g/mol. The van der Waals surface area contributed by atoms with E-state index in [2.05, 4.69) is 11.4 Å². The third-order valence-corrected chi connectivity index (χ3v) is 4.39. The molecule has 23 heavy (non-hydrogen) atoms. The maximum atomic E-state index is 12.5. The van der Waals surface area contributed by atoms with Gasteiger partial charge in [-0.1, -0.05) is 36.4 Å². The van der Waals surface area contributed by atoms with Crippen LogP contribution in [0.5, 0.6) is 0 Å². The fraction of sp³-hybridized carbons (Fsp3) is 0.105. The molecule has 116 valence electrons. The third-order valence-electron chi connectivity index (χ3n) is 3.49. The molecule has 0 radical (unpaired) electrons. The molecule has 3 rings (SSSR count). The predicted octanol–water partition coefficient (Wildman–Crippen LogP) is 4.81. The van der Waals surface area contributed by atoms with Crippen molar-refractivity contribution in [2.45, 2.75) is 6.61 Å². The molecule has 0 saturated carbocycles. The largest absolute Gasteiger partial charge is 0.380 e. The molecule has 3 aromatic rings. The molecule has 0 aliphatic carbocycles. The van der Waals surface area contributed by atoms with E-state index < -0.39 is 0 Å². The van der Waals surface area contributed by atoms with E-state index in [0.29, 0.717) is 12.2 Å². The second kappa shape index (κ2) is 7.22. The van der Waals surface area contributed by atoms with Crippen molar-refractivity contribution in [2.75, 3.05) is 12.4 Å². The summed E-state index contributed by atoms with van der Waals surface area (Å²) in [5.41, 5.74) is 3.53. The lowest BCUT2D eigenvalue weighted by Gasteiger charge is -2.10. The van der Waals surface area contributed by atoms with E-state index in [1.54, 1.807) is 18.4 Å². The van der Waals surface area contributed by atoms with Crippen molar-refractivity contribution in [3.63, 3.8) is 0 Å². The minimum Gasteiger partial charge on any atom is -0.380 e. The monoisotopic (exact) mass is 323 g/mol. The normalized spacial score (nSPS) is 10.5. The highest BCUT2D eigenvalue weighted by molar-refractivity contribution is 7.13. The van der Waals surface area contributed by atoms with Gasteiger partial charge in [0, 0.05) is 28.8 Å². The maximum absolute atomic E-state index is 12.5. The number of hydrogen-bond acceptors (Lipinski definition) is 3. The number of amides is 1. The molecule has 0 saturated heterocycles. The Kier molecular flexibility index (Phi) is 4.86. The van der Waals surface area contributed by atoms with Crippen molar-refractivity contribution in [3.8, 4) is 10.4 Å². The van der Waals surface area contributed by atoms with Gasteiger partial charge in [0.2, 0.25) is 0 Å². The maximum Gasteiger partial charge on any atom is 0.255 e. The average Bonchev–Trinajstić information content (AvgIpc) is 3.10. The van der Waals surface area contributed by atoms with Crippen LogP contribution in [0.4, 0.5) is 5.69 Å². The zero-order chi connectivity index (χ0) is 16.1. The smallest absolute Gasteiger partial charge is 0.255 e. The first-order chi connectivity index (χ1) is 11.3. The fourth-order valence-corrected chi connectivity index (χ4v) is 3.12. The quantitative estimate of drug-likeness (QED) is 0.731. The van der Waals surface area contributed by atoms with Crippen LogP contribution in [-0.2, 0) is 11.3 Å². The van der Waals surface area contributed by atoms with Crippen molar-refractivity contribution < 1.29 is 9.53 Å². The molecular formula is C19H17NO2S. The summed E-state index contributed by atoms with van der Waals surface area (Å²) < 4.78 is 5.08. The van der Waals surface area contributed by atoms with Crippen LogP contribution in [0.2, 0.25) is 0 Å². The van der Waals surface area contributed by atoms with Gasteiger partial charge in [-0.05, 0) is 35.2 Å². The Labute approximate surface area is 139 Å². The lowest BCUT2D eigenvalue weighted by atomic mass is 10.1. The number of carbonyl (C=O) groups is 1. The summed E-state index contributed by atoms with van der Waals surface area (Å²) in [5, 5.41) is 5.03. The third kappa shape index (κ3) is 3.67. The van der Waals surface area contributed by atoms with Crippen molar-refractivity contribution in [1.29, 1.82) is 0 Å². The first-order valence-corrected chi connectivity index (χ1v) is 8.18. The summed E-state index contributed by atoms with van der Waals surface area (Å²) in [5.74, 6) is -0.113. The van der Waals surface area contributed by atoms with Gasteiger partial charge in [-0.15, -0.1) is 11.3 Å². The molecule has 1 heterocycles. The number of carbonyl (C=O) groups excluding carboxylic acids is 1. The molecule has 1 aromatic heterocycles. The molecule has 0 fully saturated rings. The highest BCUT2D eigenvalue weighted by Crippen LogP contribution is 2.31. The number of nitrogens with one attached hydrogen (secondary N) is 1. The number of anilines is 1. The highest BCUT2D eigenvalue weighted by Gasteiger charge is 2.10. The Balaban J connectivity index is 1.81. The first kappa shape index (κ1) is 15.5. The summed E-state index contributed by atoms with van der Waals surface area (Å²) in [6, 6.07) is 19.3. The van der Waals surface area contributed by atoms with Crippen LogP contribution in [0.25, 0.3) is 10.4 Å². The van der Waals surface area contributed by atoms with Crippen molar-refractivity contribution >= 4 is 22.9 Å². The summed E-state index contributed by atoms with van der Waals surface area (Å²) in [6.07, 6.45) is 0. The standard InChI is InChI=1S/C19H17NO2S/c1-22-13-14-8-10-15(11-9-14)19(21)20-17-6-3-2-5-16(17)18-7-4-12-23-18/h2-12H,13H2,1H3,(H,20,21). The minimum absolute atomic E-state index is 0.113. The molecule has 0 spiro atoms. The van der Waals surface area contributed by atoms with Gasteiger partial charge in [-0.2, -0.15) is 0 Å². The van der Waals surface area contributed by atoms with Crippen LogP contribution < -0.4 is 5.32 Å². The molecule has 0 unspecified atom stereocenters. The highest BCUT2D eigenvalue weighted by atomic mass is 32.1. The average molecular weight is 323 g/mol. The van der Waals surface area contributed by atoms with E-state index in [-0.39, 0.29) is 5.91 Å². The van der Waals surface area contributed by atoms with Gasteiger partial charge in [0.15, 0.2) is 0 Å². The van der Waals surface area contributed by atoms with Crippen molar-refractivity contribution in [1.82, 2.24) is 0 Å². The van der Waals surface area contributed by atoms with Crippen LogP contribution in [0.15, 0.2) is 66.0 Å². The van der Waals surface area contributed by atoms with Gasteiger partial charge in [0.05, 0.1) is 6.61 Å². The summed E-state index contributed by atoms with van der Waals surface area (Å²) >= 11 is 1.66. The van der Waals surface area contributed by atoms with E-state index in [4.69, 9.17) is 4.74 Å². The van der Waals surface area contributed by atoms with E-state index in [9.17, 15) is 4.79 Å². The van der Waals surface area contributed by atoms with Gasteiger partial charge in [-0.3, -0.25) is 4.79 Å². The summed E-state index contributed by atoms with van der Waals surface area (Å²) in [7, 11) is 1.65. The number of thiophene rings is 1. The number of hydrogen-bond donors (Lipinski definition) is 1.